The first-order chi connectivity index (χ1) is 17.5. The Kier molecular flexibility index (Phi) is 7.62. The van der Waals surface area contributed by atoms with Crippen molar-refractivity contribution >= 4 is 0 Å². The molecule has 3 atom stereocenters. The average Bonchev–Trinajstić information content (AvgIpc) is 3.50. The maximum Gasteiger partial charge on any atom is 0.275 e. The highest BCUT2D eigenvalue weighted by Crippen LogP contribution is 2.30. The predicted molar refractivity (Wildman–Crippen MR) is 143 cm³/mol. The molecule has 2 aromatic heterocycles. The van der Waals surface area contributed by atoms with E-state index in [-0.39, 0.29) is 11.7 Å². The lowest BCUT2D eigenvalue weighted by Gasteiger charge is -2.41. The highest BCUT2D eigenvalue weighted by molar-refractivity contribution is 5.62. The Morgan fingerprint density at radius 2 is 2.08 bits per heavy atom. The van der Waals surface area contributed by atoms with Crippen LogP contribution in [0.3, 0.4) is 0 Å². The fourth-order valence-electron chi connectivity index (χ4n) is 6.14. The Balaban J connectivity index is 1.26. The number of hydrogen-bond acceptors (Lipinski definition) is 6. The van der Waals surface area contributed by atoms with E-state index in [4.69, 9.17) is 4.74 Å². The van der Waals surface area contributed by atoms with Gasteiger partial charge >= 0.3 is 0 Å². The van der Waals surface area contributed by atoms with Crippen LogP contribution < -0.4 is 10.3 Å². The van der Waals surface area contributed by atoms with Crippen molar-refractivity contribution in [3.63, 3.8) is 0 Å². The topological polar surface area (TPSA) is 69.6 Å². The normalized spacial score (nSPS) is 25.4. The summed E-state index contributed by atoms with van der Waals surface area (Å²) in [5.41, 5.74) is 2.94. The summed E-state index contributed by atoms with van der Waals surface area (Å²) in [6.07, 6.45) is 17.5. The molecule has 5 heterocycles. The molecule has 0 saturated carbocycles. The van der Waals surface area contributed by atoms with E-state index < -0.39 is 0 Å². The largest absolute Gasteiger partial charge is 0.481 e. The van der Waals surface area contributed by atoms with Crippen LogP contribution in [0.2, 0.25) is 0 Å². The van der Waals surface area contributed by atoms with Gasteiger partial charge in [0.15, 0.2) is 0 Å². The van der Waals surface area contributed by atoms with Gasteiger partial charge in [0.05, 0.1) is 12.7 Å². The molecule has 0 radical (unpaired) electrons. The first kappa shape index (κ1) is 24.8. The van der Waals surface area contributed by atoms with Crippen molar-refractivity contribution in [2.75, 3.05) is 40.3 Å². The van der Waals surface area contributed by atoms with Crippen LogP contribution in [0.1, 0.15) is 51.6 Å². The van der Waals surface area contributed by atoms with Crippen LogP contribution in [0.4, 0.5) is 0 Å². The van der Waals surface area contributed by atoms with Gasteiger partial charge in [0.2, 0.25) is 5.88 Å². The number of aromatic nitrogens is 3. The van der Waals surface area contributed by atoms with Gasteiger partial charge in [0, 0.05) is 56.4 Å². The van der Waals surface area contributed by atoms with Crippen LogP contribution >= 0.6 is 0 Å². The standard InChI is InChI=1S/C28H40N6O2/c1-21-8-4-11-27(34-28(35)24(19-30-34)22-12-13-29-26(18-22)36-3)33(21)17-7-16-32-15-5-9-23(20-32)25-10-6-14-31(25)2/h5,9,12-13,18-21,25,27,30H,4,6-8,10-11,14-17H2,1-3H3. The number of pyridine rings is 1. The lowest BCUT2D eigenvalue weighted by Crippen LogP contribution is -2.46. The van der Waals surface area contributed by atoms with Gasteiger partial charge in [-0.2, -0.15) is 0 Å². The number of ether oxygens (including phenoxy) is 1. The monoisotopic (exact) mass is 492 g/mol. The second kappa shape index (κ2) is 11.0. The van der Waals surface area contributed by atoms with Gasteiger partial charge in [0.1, 0.15) is 6.17 Å². The Morgan fingerprint density at radius 1 is 1.19 bits per heavy atom. The van der Waals surface area contributed by atoms with E-state index in [1.165, 1.54) is 31.4 Å². The van der Waals surface area contributed by atoms with E-state index in [9.17, 15) is 4.79 Å². The summed E-state index contributed by atoms with van der Waals surface area (Å²) in [5, 5.41) is 3.28. The number of piperidine rings is 1. The molecule has 0 aliphatic carbocycles. The van der Waals surface area contributed by atoms with Gasteiger partial charge in [-0.3, -0.25) is 14.6 Å². The third kappa shape index (κ3) is 5.15. The Hall–Kier alpha value is -2.84. The second-order valence-electron chi connectivity index (χ2n) is 10.5. The molecule has 0 aromatic carbocycles. The summed E-state index contributed by atoms with van der Waals surface area (Å²) in [7, 11) is 3.83. The average molecular weight is 493 g/mol. The minimum atomic E-state index is 0.0155. The van der Waals surface area contributed by atoms with E-state index in [0.717, 1.165) is 44.5 Å². The van der Waals surface area contributed by atoms with Crippen molar-refractivity contribution < 1.29 is 4.74 Å². The SMILES string of the molecule is COc1cc(-c2c[nH]n(C3CCCC(C)N3CCCN3C=C(C4CCCN4C)C=CC3)c2=O)ccn1. The summed E-state index contributed by atoms with van der Waals surface area (Å²) in [6, 6.07) is 4.68. The van der Waals surface area contributed by atoms with Crippen molar-refractivity contribution in [1.29, 1.82) is 0 Å². The predicted octanol–water partition coefficient (Wildman–Crippen LogP) is 3.86. The van der Waals surface area contributed by atoms with E-state index in [0.29, 0.717) is 23.5 Å². The second-order valence-corrected chi connectivity index (χ2v) is 10.5. The molecule has 3 aliphatic heterocycles. The van der Waals surface area contributed by atoms with Crippen LogP contribution in [0.15, 0.2) is 53.2 Å². The van der Waals surface area contributed by atoms with Gasteiger partial charge in [0.25, 0.3) is 5.56 Å². The summed E-state index contributed by atoms with van der Waals surface area (Å²) in [4.78, 5) is 25.1. The van der Waals surface area contributed by atoms with Gasteiger partial charge in [-0.05, 0) is 76.2 Å². The molecule has 8 nitrogen and oxygen atoms in total. The maximum absolute atomic E-state index is 13.4. The van der Waals surface area contributed by atoms with E-state index in [1.807, 2.05) is 23.0 Å². The molecule has 2 fully saturated rings. The number of nitrogens with one attached hydrogen (secondary N) is 1. The highest BCUT2D eigenvalue weighted by atomic mass is 16.5. The number of aromatic amines is 1. The molecule has 5 rings (SSSR count). The first-order valence-electron chi connectivity index (χ1n) is 13.4. The first-order valence-corrected chi connectivity index (χ1v) is 13.4. The van der Waals surface area contributed by atoms with Crippen molar-refractivity contribution in [1.82, 2.24) is 29.5 Å². The highest BCUT2D eigenvalue weighted by Gasteiger charge is 2.31. The van der Waals surface area contributed by atoms with Crippen LogP contribution in [-0.2, 0) is 0 Å². The number of likely N-dealkylation sites (tertiary alicyclic amines) is 2. The van der Waals surface area contributed by atoms with E-state index in [1.54, 1.807) is 13.3 Å². The number of likely N-dealkylation sites (N-methyl/N-ethyl adjacent to an activating group) is 1. The number of methoxy groups -OCH3 is 1. The molecular weight excluding hydrogens is 452 g/mol. The van der Waals surface area contributed by atoms with Crippen LogP contribution in [0.5, 0.6) is 5.88 Å². The molecule has 0 amide bonds. The fraction of sp³-hybridized carbons (Fsp3) is 0.571. The van der Waals surface area contributed by atoms with Crippen molar-refractivity contribution in [2.45, 2.75) is 63.7 Å². The van der Waals surface area contributed by atoms with Crippen molar-refractivity contribution in [3.8, 4) is 17.0 Å². The molecule has 2 saturated heterocycles. The quantitative estimate of drug-likeness (QED) is 0.604. The summed E-state index contributed by atoms with van der Waals surface area (Å²) >= 11 is 0. The van der Waals surface area contributed by atoms with Crippen molar-refractivity contribution in [2.24, 2.45) is 0 Å². The third-order valence-electron chi connectivity index (χ3n) is 8.13. The van der Waals surface area contributed by atoms with Crippen LogP contribution in [0.25, 0.3) is 11.1 Å². The molecule has 8 heteroatoms. The fourth-order valence-corrected chi connectivity index (χ4v) is 6.14. The van der Waals surface area contributed by atoms with Crippen molar-refractivity contribution in [3.05, 3.63) is 58.8 Å². The summed E-state index contributed by atoms with van der Waals surface area (Å²) in [6.45, 7) is 6.48. The molecule has 0 bridgehead atoms. The van der Waals surface area contributed by atoms with Gasteiger partial charge < -0.3 is 14.7 Å². The number of H-pyrrole nitrogens is 1. The molecular formula is C28H40N6O2. The lowest BCUT2D eigenvalue weighted by molar-refractivity contribution is 0.0359. The van der Waals surface area contributed by atoms with Crippen LogP contribution in [0, 0.1) is 0 Å². The van der Waals surface area contributed by atoms with Gasteiger partial charge in [-0.25, -0.2) is 9.67 Å². The minimum absolute atomic E-state index is 0.0155. The third-order valence-corrected chi connectivity index (χ3v) is 8.13. The molecule has 1 N–H and O–H groups in total. The molecule has 3 unspecified atom stereocenters. The zero-order valence-corrected chi connectivity index (χ0v) is 21.9. The Morgan fingerprint density at radius 3 is 2.89 bits per heavy atom. The molecule has 3 aliphatic rings. The smallest absolute Gasteiger partial charge is 0.275 e. The summed E-state index contributed by atoms with van der Waals surface area (Å²) < 4.78 is 7.08. The van der Waals surface area contributed by atoms with Gasteiger partial charge in [-0.15, -0.1) is 0 Å². The van der Waals surface area contributed by atoms with Crippen LogP contribution in [-0.4, -0.2) is 81.9 Å². The maximum atomic E-state index is 13.4. The number of nitrogens with zero attached hydrogens (tertiary/aromatic N) is 5. The Labute approximate surface area is 214 Å². The number of hydrogen-bond donors (Lipinski definition) is 1. The zero-order valence-electron chi connectivity index (χ0n) is 21.9. The molecule has 36 heavy (non-hydrogen) atoms. The molecule has 2 aromatic rings. The summed E-state index contributed by atoms with van der Waals surface area (Å²) in [5.74, 6) is 0.511. The minimum Gasteiger partial charge on any atom is -0.481 e. The van der Waals surface area contributed by atoms with E-state index >= 15 is 0 Å². The molecule has 0 spiro atoms. The number of rotatable bonds is 8. The van der Waals surface area contributed by atoms with Gasteiger partial charge in [-0.1, -0.05) is 12.2 Å². The Bertz CT molecular complexity index is 1150. The molecule has 194 valence electrons. The lowest BCUT2D eigenvalue weighted by atomic mass is 10.00. The zero-order chi connectivity index (χ0) is 25.1. The van der Waals surface area contributed by atoms with E-state index in [2.05, 4.69) is 57.1 Å².